The Bertz CT molecular complexity index is 5010. The molecule has 2 aliphatic heterocycles. The van der Waals surface area contributed by atoms with Crippen LogP contribution in [0.5, 0.6) is 0 Å². The van der Waals surface area contributed by atoms with Gasteiger partial charge >= 0.3 is 18.0 Å². The van der Waals surface area contributed by atoms with Crippen molar-refractivity contribution < 1.29 is 100 Å². The van der Waals surface area contributed by atoms with Crippen LogP contribution in [0.4, 0.5) is 14.9 Å². The number of benzene rings is 6. The highest BCUT2D eigenvalue weighted by Crippen LogP contribution is 2.46. The summed E-state index contributed by atoms with van der Waals surface area (Å²) in [5.74, 6) is -5.36. The van der Waals surface area contributed by atoms with E-state index in [1.54, 1.807) is 74.5 Å². The van der Waals surface area contributed by atoms with E-state index >= 15 is 9.18 Å². The van der Waals surface area contributed by atoms with Crippen LogP contribution in [0.1, 0.15) is 131 Å². The molecule has 0 radical (unpaired) electrons. The zero-order valence-electron chi connectivity index (χ0n) is 71.3. The van der Waals surface area contributed by atoms with E-state index in [-0.39, 0.29) is 96.0 Å². The van der Waals surface area contributed by atoms with Crippen LogP contribution in [-0.4, -0.2) is 212 Å². The number of amides is 5. The standard InChI is InChI=1S/C93H112FN11O21/c1-4-92(115)73-57-80-85-71(59-105(80)89(112)72(73)61-125-90(92)113)84-75(32-31-70-63(3)74(94)58-78(100-85)83(70)84)103-91(114)126-60-65-25-29-69(30-26-65)98-86(109)76(22-14-15-36-96-93(66-18-10-6-11-19-66,67-20-12-7-13-21-67)68-27-23-62(2)24-28-68)101-88(111)79(56-64-16-8-5-9-17-64)102-87(110)77(33-34-82(107)108)99-81(106)35-38-116-40-42-118-44-46-120-48-50-122-52-54-124-55-53-123-51-49-121-47-45-119-43-41-117-39-37-97-104-95/h5-13,16-21,23-30,57-58,75-77,79,96,115H,4,14-15,22,31-56,59-61H2,1-3H3,(H,98,109)(H,99,106)(H,101,111)(H,102,110)(H,103,114)(H,107,108)/t75-,76-,77?,79-,92-/m0/s1. The maximum atomic E-state index is 15.7. The molecule has 1 unspecified atom stereocenters. The first-order valence-electron chi connectivity index (χ1n) is 42.7. The first-order valence-corrected chi connectivity index (χ1v) is 42.7. The highest BCUT2D eigenvalue weighted by Gasteiger charge is 2.47. The fourth-order valence-corrected chi connectivity index (χ4v) is 15.5. The number of carbonyl (C=O) groups excluding carboxylic acids is 6. The van der Waals surface area contributed by atoms with Gasteiger partial charge in [0, 0.05) is 59.0 Å². The zero-order valence-corrected chi connectivity index (χ0v) is 71.3. The number of anilines is 1. The number of unbranched alkanes of at least 4 members (excludes halogenated alkanes) is 1. The lowest BCUT2D eigenvalue weighted by Gasteiger charge is -2.37. The summed E-state index contributed by atoms with van der Waals surface area (Å²) in [5, 5.41) is 43.7. The van der Waals surface area contributed by atoms with Crippen LogP contribution >= 0.6 is 0 Å². The van der Waals surface area contributed by atoms with E-state index in [0.29, 0.717) is 181 Å². The smallest absolute Gasteiger partial charge is 0.407 e. The average molecular weight is 1740 g/mol. The predicted octanol–water partition coefficient (Wildman–Crippen LogP) is 9.85. The second-order valence-electron chi connectivity index (χ2n) is 30.7. The zero-order chi connectivity index (χ0) is 89.1. The molecule has 2 aromatic heterocycles. The Morgan fingerprint density at radius 2 is 1.17 bits per heavy atom. The third-order valence-electron chi connectivity index (χ3n) is 22.2. The quantitative estimate of drug-likeness (QED) is 0.00439. The number of azide groups is 1. The number of ether oxygens (including phenoxy) is 11. The van der Waals surface area contributed by atoms with Gasteiger partial charge in [0.25, 0.3) is 5.56 Å². The third-order valence-corrected chi connectivity index (χ3v) is 22.2. The van der Waals surface area contributed by atoms with Crippen molar-refractivity contribution >= 4 is 58.3 Å². The summed E-state index contributed by atoms with van der Waals surface area (Å²) in [5.41, 5.74) is 14.2. The van der Waals surface area contributed by atoms with Gasteiger partial charge in [0.1, 0.15) is 37.2 Å². The second-order valence-corrected chi connectivity index (χ2v) is 30.7. The predicted molar refractivity (Wildman–Crippen MR) is 463 cm³/mol. The average Bonchev–Trinajstić information content (AvgIpc) is 1.53. The minimum Gasteiger partial charge on any atom is -0.481 e. The summed E-state index contributed by atoms with van der Waals surface area (Å²) < 4.78 is 78.0. The van der Waals surface area contributed by atoms with Crippen molar-refractivity contribution in [3.63, 3.8) is 0 Å². The molecular weight excluding hydrogens is 1630 g/mol. The Hall–Kier alpha value is -11.4. The van der Waals surface area contributed by atoms with Crippen LogP contribution in [-0.2, 0) is 125 Å². The number of hydrogen-bond donors (Lipinski definition) is 8. The van der Waals surface area contributed by atoms with Gasteiger partial charge in [-0.2, -0.15) is 0 Å². The monoisotopic (exact) mass is 1740 g/mol. The molecule has 0 bridgehead atoms. The van der Waals surface area contributed by atoms with Gasteiger partial charge in [-0.15, -0.1) is 0 Å². The summed E-state index contributed by atoms with van der Waals surface area (Å²) in [7, 11) is 0. The SMILES string of the molecule is CC[C@@]1(O)C(=O)OCc2c1cc1n(c2=O)Cc2c-1nc1cc(F)c(C)c3c1c2[C@@H](NC(=O)OCc1ccc(NC(=O)[C@H](CCCCNC(c2ccccc2)(c2ccccc2)c2ccc(C)cc2)NC(=O)[C@H](Cc2ccccc2)NC(=O)C(CCC(=O)O)NC(=O)CCOCCOCCOCCOCCOCCOCCOCCOCCOCCN=[N+]=[N-])cc1)CC3. The molecule has 0 saturated carbocycles. The Labute approximate surface area is 730 Å². The number of aryl methyl sites for hydroxylation is 2. The van der Waals surface area contributed by atoms with Gasteiger partial charge in [-0.05, 0) is 134 Å². The largest absolute Gasteiger partial charge is 0.481 e. The van der Waals surface area contributed by atoms with Crippen molar-refractivity contribution in [2.45, 2.75) is 140 Å². The van der Waals surface area contributed by atoms with Crippen molar-refractivity contribution in [2.75, 3.05) is 137 Å². The highest BCUT2D eigenvalue weighted by atomic mass is 19.1. The molecule has 11 rings (SSSR count). The van der Waals surface area contributed by atoms with Gasteiger partial charge in [0.2, 0.25) is 23.6 Å². The molecule has 5 amide bonds. The number of carboxylic acids is 1. The van der Waals surface area contributed by atoms with E-state index < -0.39 is 94.8 Å². The number of esters is 1. The van der Waals surface area contributed by atoms with E-state index in [2.05, 4.69) is 90.5 Å². The number of pyridine rings is 2. The normalized spacial score (nSPS) is 15.1. The summed E-state index contributed by atoms with van der Waals surface area (Å²) >= 11 is 0. The van der Waals surface area contributed by atoms with Crippen LogP contribution in [0, 0.1) is 19.7 Å². The molecule has 8 aromatic rings. The van der Waals surface area contributed by atoms with Crippen LogP contribution in [0.25, 0.3) is 32.7 Å². The first kappa shape index (κ1) is 95.2. The molecule has 8 N–H and O–H groups in total. The van der Waals surface area contributed by atoms with E-state index in [1.165, 1.54) is 10.6 Å². The molecule has 0 fully saturated rings. The number of fused-ring (bicyclic) bond motifs is 5. The highest BCUT2D eigenvalue weighted by molar-refractivity contribution is 5.99. The Morgan fingerprint density at radius 3 is 1.74 bits per heavy atom. The molecular formula is C93H112FN11O21. The van der Waals surface area contributed by atoms with Gasteiger partial charge in [0.05, 0.1) is 160 Å². The topological polar surface area (TPSA) is 417 Å². The van der Waals surface area contributed by atoms with Crippen LogP contribution < -0.4 is 37.5 Å². The maximum Gasteiger partial charge on any atom is 0.407 e. The number of aliphatic hydroxyl groups is 1. The van der Waals surface area contributed by atoms with Crippen molar-refractivity contribution in [2.24, 2.45) is 5.11 Å². The van der Waals surface area contributed by atoms with Crippen molar-refractivity contribution in [1.29, 1.82) is 0 Å². The van der Waals surface area contributed by atoms with E-state index in [1.807, 2.05) is 43.3 Å². The van der Waals surface area contributed by atoms with Crippen molar-refractivity contribution in [3.8, 4) is 11.4 Å². The van der Waals surface area contributed by atoms with Gasteiger partial charge in [0.15, 0.2) is 5.60 Å². The summed E-state index contributed by atoms with van der Waals surface area (Å²) in [6.07, 6.45) is -0.191. The molecule has 0 saturated heterocycles. The van der Waals surface area contributed by atoms with Crippen LogP contribution in [0.3, 0.4) is 0 Å². The Morgan fingerprint density at radius 1 is 0.627 bits per heavy atom. The van der Waals surface area contributed by atoms with Crippen LogP contribution in [0.2, 0.25) is 0 Å². The maximum absolute atomic E-state index is 15.7. The molecule has 5 atom stereocenters. The minimum absolute atomic E-state index is 0.0358. The number of nitrogens with zero attached hydrogens (tertiary/aromatic N) is 5. The van der Waals surface area contributed by atoms with Crippen LogP contribution in [0.15, 0.2) is 162 Å². The number of halogens is 1. The molecule has 1 aliphatic carbocycles. The molecule has 672 valence electrons. The molecule has 4 heterocycles. The molecule has 32 nitrogen and oxygen atoms in total. The fraction of sp³-hybridized carbons (Fsp3) is 0.452. The lowest BCUT2D eigenvalue weighted by atomic mass is 9.76. The summed E-state index contributed by atoms with van der Waals surface area (Å²) in [6.45, 7) is 11.6. The number of alkyl carbamates (subject to hydrolysis) is 1. The molecule has 126 heavy (non-hydrogen) atoms. The summed E-state index contributed by atoms with van der Waals surface area (Å²) in [4.78, 5) is 119. The fourth-order valence-electron chi connectivity index (χ4n) is 15.5. The Kier molecular flexibility index (Phi) is 37.0. The number of carbonyl (C=O) groups is 7. The van der Waals surface area contributed by atoms with E-state index in [4.69, 9.17) is 62.6 Å². The van der Waals surface area contributed by atoms with Gasteiger partial charge in [-0.1, -0.05) is 145 Å². The molecule has 33 heteroatoms. The molecule has 6 aromatic carbocycles. The third kappa shape index (κ3) is 26.4. The summed E-state index contributed by atoms with van der Waals surface area (Å²) in [6, 6.07) is 42.3. The lowest BCUT2D eigenvalue weighted by molar-refractivity contribution is -0.172. The van der Waals surface area contributed by atoms with Gasteiger partial charge in [-0.25, -0.2) is 19.0 Å². The number of aromatic nitrogens is 2. The van der Waals surface area contributed by atoms with Gasteiger partial charge < -0.3 is 93.5 Å². The number of aliphatic carboxylic acids is 1. The lowest BCUT2D eigenvalue weighted by Crippen LogP contribution is -2.57. The Balaban J connectivity index is 0.685. The number of nitrogens with one attached hydrogen (secondary N) is 6. The first-order chi connectivity index (χ1) is 61.3. The number of hydrogen-bond acceptors (Lipinski definition) is 23. The number of carboxylic acid groups (broad SMARTS) is 1. The van der Waals surface area contributed by atoms with E-state index in [9.17, 15) is 43.8 Å². The molecule has 3 aliphatic rings. The minimum atomic E-state index is -2.08. The van der Waals surface area contributed by atoms with Gasteiger partial charge in [-0.3, -0.25) is 34.1 Å². The second kappa shape index (κ2) is 48.9. The molecule has 0 spiro atoms. The van der Waals surface area contributed by atoms with Crippen molar-refractivity contribution in [1.82, 2.24) is 36.1 Å². The van der Waals surface area contributed by atoms with E-state index in [0.717, 1.165) is 27.8 Å². The number of cyclic esters (lactones) is 1. The van der Waals surface area contributed by atoms with Crippen molar-refractivity contribution in [3.05, 3.63) is 245 Å². The number of rotatable bonds is 55.